The van der Waals surface area contributed by atoms with Gasteiger partial charge in [0.15, 0.2) is 0 Å². The Kier molecular flexibility index (Phi) is 4.66. The third-order valence-electron chi connectivity index (χ3n) is 1.65. The summed E-state index contributed by atoms with van der Waals surface area (Å²) in [7, 11) is 0. The molecule has 7 heteroatoms. The fourth-order valence-electron chi connectivity index (χ4n) is 0.893. The molecular formula is C10H7ClN4O2. The minimum atomic E-state index is -0.871. The van der Waals surface area contributed by atoms with Gasteiger partial charge in [0.25, 0.3) is 5.91 Å². The van der Waals surface area contributed by atoms with Gasteiger partial charge in [0.05, 0.1) is 5.69 Å². The number of anilines is 1. The average molecular weight is 251 g/mol. The van der Waals surface area contributed by atoms with E-state index in [1.807, 2.05) is 5.32 Å². The van der Waals surface area contributed by atoms with Gasteiger partial charge in [-0.15, -0.1) is 0 Å². The van der Waals surface area contributed by atoms with E-state index in [2.05, 4.69) is 10.5 Å². The fraction of sp³-hybridized carbons (Fsp3) is 0. The fourth-order valence-corrected chi connectivity index (χ4v) is 1.02. The van der Waals surface area contributed by atoms with Crippen molar-refractivity contribution in [2.75, 3.05) is 5.43 Å². The molecule has 86 valence electrons. The lowest BCUT2D eigenvalue weighted by molar-refractivity contribution is -0.120. The van der Waals surface area contributed by atoms with Gasteiger partial charge in [-0.05, 0) is 24.3 Å². The first-order chi connectivity index (χ1) is 8.17. The van der Waals surface area contributed by atoms with Crippen LogP contribution < -0.4 is 10.7 Å². The van der Waals surface area contributed by atoms with E-state index < -0.39 is 11.6 Å². The van der Waals surface area contributed by atoms with Crippen LogP contribution in [-0.4, -0.2) is 18.0 Å². The highest BCUT2D eigenvalue weighted by atomic mass is 35.5. The van der Waals surface area contributed by atoms with Crippen molar-refractivity contribution in [2.45, 2.75) is 0 Å². The molecule has 1 rings (SSSR count). The van der Waals surface area contributed by atoms with Crippen LogP contribution in [0.1, 0.15) is 0 Å². The molecule has 0 saturated carbocycles. The summed E-state index contributed by atoms with van der Waals surface area (Å²) >= 11 is 5.67. The van der Waals surface area contributed by atoms with E-state index in [4.69, 9.17) is 16.9 Å². The van der Waals surface area contributed by atoms with Gasteiger partial charge >= 0.3 is 0 Å². The van der Waals surface area contributed by atoms with E-state index in [0.29, 0.717) is 10.7 Å². The van der Waals surface area contributed by atoms with Crippen LogP contribution in [0.25, 0.3) is 0 Å². The van der Waals surface area contributed by atoms with Gasteiger partial charge in [-0.2, -0.15) is 10.4 Å². The Balaban J connectivity index is 2.74. The van der Waals surface area contributed by atoms with Crippen LogP contribution in [0.3, 0.4) is 0 Å². The molecule has 0 heterocycles. The number of hydrazone groups is 1. The molecule has 0 aliphatic heterocycles. The number of carbonyl (C=O) groups is 2. The predicted molar refractivity (Wildman–Crippen MR) is 62.3 cm³/mol. The highest BCUT2D eigenvalue weighted by Gasteiger charge is 2.09. The zero-order valence-electron chi connectivity index (χ0n) is 8.48. The molecule has 0 radical (unpaired) electrons. The summed E-state index contributed by atoms with van der Waals surface area (Å²) in [6.45, 7) is 0. The Hall–Kier alpha value is -2.39. The smallest absolute Gasteiger partial charge is 0.288 e. The molecule has 0 aliphatic carbocycles. The van der Waals surface area contributed by atoms with Gasteiger partial charge in [0.2, 0.25) is 12.1 Å². The first-order valence-corrected chi connectivity index (χ1v) is 4.79. The van der Waals surface area contributed by atoms with Crippen molar-refractivity contribution in [1.82, 2.24) is 5.32 Å². The van der Waals surface area contributed by atoms with Crippen LogP contribution in [0.15, 0.2) is 29.4 Å². The van der Waals surface area contributed by atoms with Crippen molar-refractivity contribution < 1.29 is 9.59 Å². The van der Waals surface area contributed by atoms with Crippen LogP contribution in [0.2, 0.25) is 5.02 Å². The summed E-state index contributed by atoms with van der Waals surface area (Å²) in [6, 6.07) is 8.05. The third kappa shape index (κ3) is 3.93. The number of nitrogens with zero attached hydrogens (tertiary/aromatic N) is 2. The maximum Gasteiger partial charge on any atom is 0.288 e. The molecule has 0 aromatic heterocycles. The summed E-state index contributed by atoms with van der Waals surface area (Å²) in [4.78, 5) is 21.1. The SMILES string of the molecule is N#C/C(=N\Nc1ccc(Cl)cc1)C(=O)NC=O. The van der Waals surface area contributed by atoms with Crippen LogP contribution in [0, 0.1) is 11.3 Å². The highest BCUT2D eigenvalue weighted by Crippen LogP contribution is 2.13. The van der Waals surface area contributed by atoms with Crippen LogP contribution >= 0.6 is 11.6 Å². The lowest BCUT2D eigenvalue weighted by Gasteiger charge is -2.00. The molecule has 0 fully saturated rings. The second-order valence-corrected chi connectivity index (χ2v) is 3.22. The zero-order valence-corrected chi connectivity index (χ0v) is 9.23. The lowest BCUT2D eigenvalue weighted by atomic mass is 10.3. The van der Waals surface area contributed by atoms with Crippen molar-refractivity contribution in [3.05, 3.63) is 29.3 Å². The van der Waals surface area contributed by atoms with Crippen molar-refractivity contribution in [3.63, 3.8) is 0 Å². The summed E-state index contributed by atoms with van der Waals surface area (Å²) in [6.07, 6.45) is 0.178. The minimum absolute atomic E-state index is 0.178. The van der Waals surface area contributed by atoms with Gasteiger partial charge < -0.3 is 0 Å². The summed E-state index contributed by atoms with van der Waals surface area (Å²) in [5, 5.41) is 14.5. The number of hydrogen-bond acceptors (Lipinski definition) is 5. The van der Waals surface area contributed by atoms with Crippen molar-refractivity contribution in [1.29, 1.82) is 5.26 Å². The summed E-state index contributed by atoms with van der Waals surface area (Å²) in [5.74, 6) is -0.871. The molecule has 0 saturated heterocycles. The van der Waals surface area contributed by atoms with E-state index in [1.54, 1.807) is 30.3 Å². The average Bonchev–Trinajstić information content (AvgIpc) is 2.32. The molecule has 0 aliphatic rings. The molecule has 1 aromatic carbocycles. The van der Waals surface area contributed by atoms with Crippen LogP contribution in [-0.2, 0) is 9.59 Å². The lowest BCUT2D eigenvalue weighted by Crippen LogP contribution is -2.29. The molecular weight excluding hydrogens is 244 g/mol. The summed E-state index contributed by atoms with van der Waals surface area (Å²) < 4.78 is 0. The topological polar surface area (TPSA) is 94.3 Å². The van der Waals surface area contributed by atoms with Gasteiger partial charge in [-0.1, -0.05) is 11.6 Å². The Morgan fingerprint density at radius 2 is 2.06 bits per heavy atom. The number of halogens is 1. The van der Waals surface area contributed by atoms with E-state index in [0.717, 1.165) is 0 Å². The third-order valence-corrected chi connectivity index (χ3v) is 1.90. The molecule has 2 N–H and O–H groups in total. The summed E-state index contributed by atoms with van der Waals surface area (Å²) in [5.41, 5.74) is 2.60. The van der Waals surface area contributed by atoms with E-state index >= 15 is 0 Å². The van der Waals surface area contributed by atoms with Gasteiger partial charge in [0.1, 0.15) is 6.07 Å². The first kappa shape index (κ1) is 12.7. The molecule has 6 nitrogen and oxygen atoms in total. The Labute approximate surface area is 102 Å². The van der Waals surface area contributed by atoms with Crippen molar-refractivity contribution >= 4 is 35.3 Å². The molecule has 17 heavy (non-hydrogen) atoms. The van der Waals surface area contributed by atoms with Crippen molar-refractivity contribution in [3.8, 4) is 6.07 Å². The highest BCUT2D eigenvalue weighted by molar-refractivity contribution is 6.46. The maximum atomic E-state index is 11.1. The molecule has 1 aromatic rings. The monoisotopic (exact) mass is 250 g/mol. The number of rotatable bonds is 4. The van der Waals surface area contributed by atoms with Crippen molar-refractivity contribution in [2.24, 2.45) is 5.10 Å². The van der Waals surface area contributed by atoms with E-state index in [-0.39, 0.29) is 6.41 Å². The van der Waals surface area contributed by atoms with E-state index in [9.17, 15) is 9.59 Å². The van der Waals surface area contributed by atoms with Gasteiger partial charge in [-0.3, -0.25) is 20.3 Å². The number of imide groups is 1. The Morgan fingerprint density at radius 3 is 2.59 bits per heavy atom. The number of nitriles is 1. The minimum Gasteiger partial charge on any atom is -0.293 e. The molecule has 0 bridgehead atoms. The second kappa shape index (κ2) is 6.25. The Morgan fingerprint density at radius 1 is 1.41 bits per heavy atom. The predicted octanol–water partition coefficient (Wildman–Crippen LogP) is 0.904. The van der Waals surface area contributed by atoms with E-state index in [1.165, 1.54) is 0 Å². The zero-order chi connectivity index (χ0) is 12.7. The normalized spacial score (nSPS) is 10.2. The quantitative estimate of drug-likeness (QED) is 0.472. The van der Waals surface area contributed by atoms with Crippen LogP contribution in [0.4, 0.5) is 5.69 Å². The molecule has 0 atom stereocenters. The number of benzene rings is 1. The number of hydrogen-bond donors (Lipinski definition) is 2. The van der Waals surface area contributed by atoms with Gasteiger partial charge in [0, 0.05) is 5.02 Å². The standard InChI is InChI=1S/C10H7ClN4O2/c11-7-1-3-8(4-2-7)14-15-9(5-12)10(17)13-6-16/h1-4,6,14H,(H,13,16,17)/b15-9+. The van der Waals surface area contributed by atoms with Crippen LogP contribution in [0.5, 0.6) is 0 Å². The maximum absolute atomic E-state index is 11.1. The largest absolute Gasteiger partial charge is 0.293 e. The number of nitrogens with one attached hydrogen (secondary N) is 2. The number of carbonyl (C=O) groups excluding carboxylic acids is 2. The molecule has 0 unspecified atom stereocenters. The molecule has 0 spiro atoms. The number of amides is 2. The Bertz CT molecular complexity index is 490. The van der Waals surface area contributed by atoms with Gasteiger partial charge in [-0.25, -0.2) is 0 Å². The second-order valence-electron chi connectivity index (χ2n) is 2.78. The first-order valence-electron chi connectivity index (χ1n) is 4.41. The molecule has 2 amide bonds.